The van der Waals surface area contributed by atoms with Gasteiger partial charge in [-0.25, -0.2) is 9.97 Å². The fraction of sp³-hybridized carbons (Fsp3) is 0.286. The minimum absolute atomic E-state index is 0. The number of aryl methyl sites for hydroxylation is 1. The number of nitrogens with one attached hydrogen (secondary N) is 3. The Hall–Kier alpha value is -2.94. The number of imidazole rings is 1. The molecule has 0 aliphatic carbocycles. The molecule has 0 spiro atoms. The molecular weight excluding hydrogens is 400 g/mol. The number of piperazine rings is 1. The van der Waals surface area contributed by atoms with Crippen molar-refractivity contribution in [2.45, 2.75) is 6.54 Å². The number of anilines is 2. The van der Waals surface area contributed by atoms with Gasteiger partial charge in [-0.3, -0.25) is 9.58 Å². The molecule has 0 amide bonds. The van der Waals surface area contributed by atoms with Gasteiger partial charge in [0.15, 0.2) is 0 Å². The van der Waals surface area contributed by atoms with Gasteiger partial charge in [0.05, 0.1) is 16.7 Å². The number of fused-ring (bicyclic) bond motifs is 1. The van der Waals surface area contributed by atoms with Gasteiger partial charge in [-0.05, 0) is 35.9 Å². The van der Waals surface area contributed by atoms with E-state index in [9.17, 15) is 0 Å². The van der Waals surface area contributed by atoms with E-state index >= 15 is 0 Å². The van der Waals surface area contributed by atoms with Crippen molar-refractivity contribution >= 4 is 35.2 Å². The molecule has 5 rings (SSSR count). The molecule has 0 saturated carbocycles. The number of hydrogen-bond acceptors (Lipinski definition) is 6. The SMILES string of the molecule is Cl.Cn1ccc(-c2ccc3nc(Nc4cc(CN5CCNCC5)ccn4)[nH]c3c2)n1. The van der Waals surface area contributed by atoms with Gasteiger partial charge in [0.25, 0.3) is 0 Å². The highest BCUT2D eigenvalue weighted by atomic mass is 35.5. The Bertz CT molecular complexity index is 1130. The predicted molar refractivity (Wildman–Crippen MR) is 121 cm³/mol. The van der Waals surface area contributed by atoms with E-state index in [0.29, 0.717) is 5.95 Å². The van der Waals surface area contributed by atoms with Crippen LogP contribution in [0.5, 0.6) is 0 Å². The number of nitrogens with zero attached hydrogens (tertiary/aromatic N) is 5. The molecule has 0 radical (unpaired) electrons. The highest BCUT2D eigenvalue weighted by Gasteiger charge is 2.11. The monoisotopic (exact) mass is 424 g/mol. The quantitative estimate of drug-likeness (QED) is 0.456. The molecule has 0 atom stereocenters. The maximum atomic E-state index is 4.64. The molecule has 1 fully saturated rings. The molecule has 0 bridgehead atoms. The molecule has 30 heavy (non-hydrogen) atoms. The summed E-state index contributed by atoms with van der Waals surface area (Å²) in [6.45, 7) is 5.19. The van der Waals surface area contributed by atoms with Crippen molar-refractivity contribution in [2.75, 3.05) is 31.5 Å². The lowest BCUT2D eigenvalue weighted by Gasteiger charge is -2.27. The zero-order valence-corrected chi connectivity index (χ0v) is 17.6. The van der Waals surface area contributed by atoms with Gasteiger partial charge < -0.3 is 15.6 Å². The number of halogens is 1. The molecule has 3 aromatic heterocycles. The summed E-state index contributed by atoms with van der Waals surface area (Å²) >= 11 is 0. The Morgan fingerprint density at radius 1 is 1.10 bits per heavy atom. The fourth-order valence-electron chi connectivity index (χ4n) is 3.69. The molecule has 9 heteroatoms. The van der Waals surface area contributed by atoms with Crippen LogP contribution in [0.2, 0.25) is 0 Å². The highest BCUT2D eigenvalue weighted by Crippen LogP contribution is 2.24. The molecule has 1 saturated heterocycles. The van der Waals surface area contributed by atoms with E-state index in [0.717, 1.165) is 60.8 Å². The summed E-state index contributed by atoms with van der Waals surface area (Å²) in [5.74, 6) is 1.48. The smallest absolute Gasteiger partial charge is 0.206 e. The summed E-state index contributed by atoms with van der Waals surface area (Å²) in [4.78, 5) is 14.9. The average molecular weight is 425 g/mol. The molecule has 3 N–H and O–H groups in total. The fourth-order valence-corrected chi connectivity index (χ4v) is 3.69. The van der Waals surface area contributed by atoms with Crippen LogP contribution in [0.25, 0.3) is 22.3 Å². The van der Waals surface area contributed by atoms with E-state index in [1.807, 2.05) is 37.6 Å². The Kier molecular flexibility index (Phi) is 5.98. The van der Waals surface area contributed by atoms with Gasteiger partial charge in [-0.15, -0.1) is 12.4 Å². The van der Waals surface area contributed by atoms with E-state index in [-0.39, 0.29) is 12.4 Å². The summed E-state index contributed by atoms with van der Waals surface area (Å²) in [6, 6.07) is 12.3. The van der Waals surface area contributed by atoms with Gasteiger partial charge in [-0.1, -0.05) is 6.07 Å². The van der Waals surface area contributed by atoms with Crippen LogP contribution in [-0.4, -0.2) is 55.8 Å². The zero-order valence-electron chi connectivity index (χ0n) is 16.8. The molecule has 156 valence electrons. The first kappa shape index (κ1) is 20.3. The second-order valence-corrected chi connectivity index (χ2v) is 7.39. The summed E-state index contributed by atoms with van der Waals surface area (Å²) < 4.78 is 1.80. The number of pyridine rings is 1. The second kappa shape index (κ2) is 8.83. The number of H-pyrrole nitrogens is 1. The lowest BCUT2D eigenvalue weighted by atomic mass is 10.1. The first-order chi connectivity index (χ1) is 14.2. The van der Waals surface area contributed by atoms with Gasteiger partial charge in [0, 0.05) is 57.7 Å². The summed E-state index contributed by atoms with van der Waals surface area (Å²) in [6.07, 6.45) is 3.79. The van der Waals surface area contributed by atoms with Gasteiger partial charge in [0.2, 0.25) is 5.95 Å². The van der Waals surface area contributed by atoms with Crippen molar-refractivity contribution < 1.29 is 0 Å². The van der Waals surface area contributed by atoms with E-state index in [1.54, 1.807) is 4.68 Å². The summed E-state index contributed by atoms with van der Waals surface area (Å²) in [7, 11) is 1.92. The molecule has 4 heterocycles. The van der Waals surface area contributed by atoms with Crippen LogP contribution >= 0.6 is 12.4 Å². The van der Waals surface area contributed by atoms with Gasteiger partial charge >= 0.3 is 0 Å². The molecule has 1 aliphatic rings. The molecule has 8 nitrogen and oxygen atoms in total. The molecule has 1 aromatic carbocycles. The van der Waals surface area contributed by atoms with E-state index in [1.165, 1.54) is 5.56 Å². The van der Waals surface area contributed by atoms with Crippen LogP contribution in [0.15, 0.2) is 48.8 Å². The van der Waals surface area contributed by atoms with Crippen molar-refractivity contribution in [3.8, 4) is 11.3 Å². The lowest BCUT2D eigenvalue weighted by molar-refractivity contribution is 0.233. The van der Waals surface area contributed by atoms with Crippen molar-refractivity contribution in [3.63, 3.8) is 0 Å². The maximum absolute atomic E-state index is 4.64. The predicted octanol–water partition coefficient (Wildman–Crippen LogP) is 2.93. The Labute approximate surface area is 181 Å². The minimum Gasteiger partial charge on any atom is -0.324 e. The molecule has 0 unspecified atom stereocenters. The van der Waals surface area contributed by atoms with Crippen LogP contribution in [0, 0.1) is 0 Å². The molecule has 4 aromatic rings. The first-order valence-electron chi connectivity index (χ1n) is 9.88. The van der Waals surface area contributed by atoms with Crippen LogP contribution < -0.4 is 10.6 Å². The summed E-state index contributed by atoms with van der Waals surface area (Å²) in [5, 5.41) is 11.2. The first-order valence-corrected chi connectivity index (χ1v) is 9.88. The second-order valence-electron chi connectivity index (χ2n) is 7.39. The largest absolute Gasteiger partial charge is 0.324 e. The normalized spacial score (nSPS) is 14.6. The lowest BCUT2D eigenvalue weighted by Crippen LogP contribution is -2.42. The van der Waals surface area contributed by atoms with Crippen LogP contribution in [-0.2, 0) is 13.6 Å². The van der Waals surface area contributed by atoms with Crippen molar-refractivity contribution in [1.29, 1.82) is 0 Å². The Morgan fingerprint density at radius 2 is 1.97 bits per heavy atom. The van der Waals surface area contributed by atoms with Crippen molar-refractivity contribution in [1.82, 2.24) is 34.9 Å². The minimum atomic E-state index is 0. The van der Waals surface area contributed by atoms with E-state index in [2.05, 4.69) is 53.8 Å². The van der Waals surface area contributed by atoms with Gasteiger partial charge in [-0.2, -0.15) is 5.10 Å². The van der Waals surface area contributed by atoms with Crippen molar-refractivity contribution in [3.05, 3.63) is 54.4 Å². The highest BCUT2D eigenvalue weighted by molar-refractivity contribution is 5.85. The van der Waals surface area contributed by atoms with Crippen molar-refractivity contribution in [2.24, 2.45) is 7.05 Å². The molecular formula is C21H25ClN8. The number of rotatable bonds is 5. The Morgan fingerprint density at radius 3 is 2.77 bits per heavy atom. The third-order valence-corrected chi connectivity index (χ3v) is 5.18. The van der Waals surface area contributed by atoms with E-state index in [4.69, 9.17) is 0 Å². The standard InChI is InChI=1S/C21H24N8.ClH/c1-28-9-5-17(27-28)16-2-3-18-19(13-16)25-21(24-18)26-20-12-15(4-6-23-20)14-29-10-7-22-8-11-29;/h2-6,9,12-13,22H,7-8,10-11,14H2,1H3,(H2,23,24,25,26);1H. The van der Waals surface area contributed by atoms with Crippen LogP contribution in [0.4, 0.5) is 11.8 Å². The maximum Gasteiger partial charge on any atom is 0.206 e. The van der Waals surface area contributed by atoms with Crippen LogP contribution in [0.3, 0.4) is 0 Å². The summed E-state index contributed by atoms with van der Waals surface area (Å²) in [5.41, 5.74) is 5.12. The molecule has 1 aliphatic heterocycles. The number of aromatic amines is 1. The Balaban J connectivity index is 0.00000218. The van der Waals surface area contributed by atoms with Gasteiger partial charge in [0.1, 0.15) is 5.82 Å². The topological polar surface area (TPSA) is 86.7 Å². The average Bonchev–Trinajstić information content (AvgIpc) is 3.34. The number of hydrogen-bond donors (Lipinski definition) is 3. The van der Waals surface area contributed by atoms with Crippen LogP contribution in [0.1, 0.15) is 5.56 Å². The third kappa shape index (κ3) is 4.46. The zero-order chi connectivity index (χ0) is 19.6. The van der Waals surface area contributed by atoms with E-state index < -0.39 is 0 Å². The number of aromatic nitrogens is 5. The number of benzene rings is 1. The third-order valence-electron chi connectivity index (χ3n) is 5.18.